The third kappa shape index (κ3) is 3.04. The lowest BCUT2D eigenvalue weighted by Gasteiger charge is -2.16. The highest BCUT2D eigenvalue weighted by atomic mass is 19.2. The number of anilines is 1. The quantitative estimate of drug-likeness (QED) is 0.151. The predicted molar refractivity (Wildman–Crippen MR) is 57.3 cm³/mol. The van der Waals surface area contributed by atoms with Crippen LogP contribution in [0.4, 0.5) is 27.6 Å². The minimum absolute atomic E-state index is 0.157. The van der Waals surface area contributed by atoms with Gasteiger partial charge in [-0.1, -0.05) is 5.16 Å². The van der Waals surface area contributed by atoms with Crippen LogP contribution >= 0.6 is 0 Å². The van der Waals surface area contributed by atoms with Gasteiger partial charge in [0, 0.05) is 12.5 Å². The van der Waals surface area contributed by atoms with E-state index in [9.17, 15) is 22.0 Å². The number of nitrogens with one attached hydrogen (secondary N) is 1. The van der Waals surface area contributed by atoms with Crippen molar-refractivity contribution in [1.82, 2.24) is 0 Å². The standard InChI is InChI=1S/C10H10F5N3O/c1-3(2-4(16)18-19)17-10-8(14)6(12)5(11)7(13)9(10)15/h3,17,19H,2H2,1H3,(H2,16,18). The zero-order valence-electron chi connectivity index (χ0n) is 9.65. The summed E-state index contributed by atoms with van der Waals surface area (Å²) in [5.74, 6) is -10.5. The first-order valence-corrected chi connectivity index (χ1v) is 5.04. The third-order valence-electron chi connectivity index (χ3n) is 2.24. The molecule has 0 saturated carbocycles. The van der Waals surface area contributed by atoms with Crippen LogP contribution in [0.25, 0.3) is 0 Å². The average molecular weight is 283 g/mol. The molecule has 9 heteroatoms. The van der Waals surface area contributed by atoms with Gasteiger partial charge in [0.1, 0.15) is 11.5 Å². The Balaban J connectivity index is 3.08. The summed E-state index contributed by atoms with van der Waals surface area (Å²) >= 11 is 0. The number of oxime groups is 1. The Morgan fingerprint density at radius 1 is 1.11 bits per heavy atom. The van der Waals surface area contributed by atoms with Crippen molar-refractivity contribution in [2.24, 2.45) is 10.9 Å². The van der Waals surface area contributed by atoms with Crippen molar-refractivity contribution in [3.63, 3.8) is 0 Å². The minimum atomic E-state index is -2.23. The Labute approximate surface area is 104 Å². The average Bonchev–Trinajstić information content (AvgIpc) is 2.39. The number of hydrogen-bond acceptors (Lipinski definition) is 3. The van der Waals surface area contributed by atoms with Gasteiger partial charge in [-0.05, 0) is 6.92 Å². The van der Waals surface area contributed by atoms with Gasteiger partial charge in [0.05, 0.1) is 0 Å². The maximum absolute atomic E-state index is 13.3. The van der Waals surface area contributed by atoms with Gasteiger partial charge in [0.25, 0.3) is 0 Å². The molecule has 0 fully saturated rings. The normalized spacial score (nSPS) is 13.5. The number of halogens is 5. The van der Waals surface area contributed by atoms with E-state index in [1.165, 1.54) is 6.92 Å². The zero-order chi connectivity index (χ0) is 14.7. The van der Waals surface area contributed by atoms with Crippen molar-refractivity contribution in [2.45, 2.75) is 19.4 Å². The van der Waals surface area contributed by atoms with Gasteiger partial charge < -0.3 is 16.3 Å². The van der Waals surface area contributed by atoms with E-state index in [2.05, 4.69) is 10.5 Å². The van der Waals surface area contributed by atoms with Crippen molar-refractivity contribution in [1.29, 1.82) is 0 Å². The molecular formula is C10H10F5N3O. The Hall–Kier alpha value is -2.06. The van der Waals surface area contributed by atoms with Crippen LogP contribution in [0, 0.1) is 29.1 Å². The molecule has 0 bridgehead atoms. The first-order valence-electron chi connectivity index (χ1n) is 5.04. The molecule has 106 valence electrons. The van der Waals surface area contributed by atoms with E-state index in [0.717, 1.165) is 0 Å². The van der Waals surface area contributed by atoms with Crippen LogP contribution in [0.2, 0.25) is 0 Å². The summed E-state index contributed by atoms with van der Waals surface area (Å²) in [6.45, 7) is 1.36. The van der Waals surface area contributed by atoms with Crippen molar-refractivity contribution >= 4 is 11.5 Å². The molecule has 0 aromatic heterocycles. The highest BCUT2D eigenvalue weighted by Gasteiger charge is 2.26. The lowest BCUT2D eigenvalue weighted by Crippen LogP contribution is -2.26. The van der Waals surface area contributed by atoms with Gasteiger partial charge in [-0.25, -0.2) is 22.0 Å². The Bertz CT molecular complexity index is 491. The lowest BCUT2D eigenvalue weighted by molar-refractivity contribution is 0.316. The fourth-order valence-corrected chi connectivity index (χ4v) is 1.38. The highest BCUT2D eigenvalue weighted by Crippen LogP contribution is 2.27. The molecule has 4 nitrogen and oxygen atoms in total. The molecule has 0 radical (unpaired) electrons. The van der Waals surface area contributed by atoms with Gasteiger partial charge in [-0.15, -0.1) is 0 Å². The van der Waals surface area contributed by atoms with Gasteiger partial charge in [0.2, 0.25) is 5.82 Å². The van der Waals surface area contributed by atoms with Crippen LogP contribution in [0.15, 0.2) is 5.16 Å². The first kappa shape index (κ1) is 15.0. The summed E-state index contributed by atoms with van der Waals surface area (Å²) < 4.78 is 65.1. The van der Waals surface area contributed by atoms with Crippen LogP contribution in [-0.4, -0.2) is 17.1 Å². The van der Waals surface area contributed by atoms with E-state index >= 15 is 0 Å². The van der Waals surface area contributed by atoms with Crippen molar-refractivity contribution < 1.29 is 27.2 Å². The number of hydrogen-bond donors (Lipinski definition) is 3. The van der Waals surface area contributed by atoms with Gasteiger partial charge in [-0.3, -0.25) is 0 Å². The molecule has 1 unspecified atom stereocenters. The summed E-state index contributed by atoms with van der Waals surface area (Å²) in [7, 11) is 0. The molecule has 4 N–H and O–H groups in total. The van der Waals surface area contributed by atoms with Crippen LogP contribution in [0.5, 0.6) is 0 Å². The minimum Gasteiger partial charge on any atom is -0.409 e. The monoisotopic (exact) mass is 283 g/mol. The highest BCUT2D eigenvalue weighted by molar-refractivity contribution is 5.80. The number of nitrogens with zero attached hydrogens (tertiary/aromatic N) is 1. The largest absolute Gasteiger partial charge is 0.409 e. The topological polar surface area (TPSA) is 70.6 Å². The van der Waals surface area contributed by atoms with E-state index in [4.69, 9.17) is 10.9 Å². The Morgan fingerprint density at radius 3 is 1.95 bits per heavy atom. The summed E-state index contributed by atoms with van der Waals surface area (Å²) in [6.07, 6.45) is -0.157. The van der Waals surface area contributed by atoms with E-state index in [0.29, 0.717) is 0 Å². The van der Waals surface area contributed by atoms with Crippen LogP contribution in [-0.2, 0) is 0 Å². The van der Waals surface area contributed by atoms with Crippen molar-refractivity contribution in [3.8, 4) is 0 Å². The van der Waals surface area contributed by atoms with Crippen molar-refractivity contribution in [3.05, 3.63) is 29.1 Å². The number of amidine groups is 1. The molecular weight excluding hydrogens is 273 g/mol. The molecule has 0 aliphatic rings. The number of rotatable bonds is 4. The second-order valence-electron chi connectivity index (χ2n) is 3.79. The smallest absolute Gasteiger partial charge is 0.200 e. The molecule has 1 atom stereocenters. The molecule has 0 amide bonds. The lowest BCUT2D eigenvalue weighted by atomic mass is 10.2. The maximum atomic E-state index is 13.3. The number of nitrogens with two attached hydrogens (primary N) is 1. The van der Waals surface area contributed by atoms with E-state index in [-0.39, 0.29) is 12.3 Å². The van der Waals surface area contributed by atoms with Crippen LogP contribution in [0.1, 0.15) is 13.3 Å². The summed E-state index contributed by atoms with van der Waals surface area (Å²) in [4.78, 5) is 0. The molecule has 1 rings (SSSR count). The van der Waals surface area contributed by atoms with E-state index in [1.807, 2.05) is 0 Å². The molecule has 1 aromatic rings. The third-order valence-corrected chi connectivity index (χ3v) is 2.24. The summed E-state index contributed by atoms with van der Waals surface area (Å²) in [5.41, 5.74) is 3.99. The van der Waals surface area contributed by atoms with Gasteiger partial charge in [-0.2, -0.15) is 0 Å². The molecule has 1 aromatic carbocycles. The van der Waals surface area contributed by atoms with E-state index in [1.54, 1.807) is 0 Å². The summed E-state index contributed by atoms with van der Waals surface area (Å²) in [6, 6.07) is -0.816. The van der Waals surface area contributed by atoms with E-state index < -0.39 is 40.8 Å². The zero-order valence-corrected chi connectivity index (χ0v) is 9.65. The molecule has 19 heavy (non-hydrogen) atoms. The van der Waals surface area contributed by atoms with Gasteiger partial charge in [0.15, 0.2) is 23.3 Å². The predicted octanol–water partition coefficient (Wildman–Crippen LogP) is 2.32. The Kier molecular flexibility index (Phi) is 4.52. The fourth-order valence-electron chi connectivity index (χ4n) is 1.38. The second kappa shape index (κ2) is 5.72. The molecule has 0 saturated heterocycles. The SMILES string of the molecule is CC(CC(N)=NO)Nc1c(F)c(F)c(F)c(F)c1F. The van der Waals surface area contributed by atoms with Crippen LogP contribution in [0.3, 0.4) is 0 Å². The van der Waals surface area contributed by atoms with Crippen LogP contribution < -0.4 is 11.1 Å². The summed E-state index contributed by atoms with van der Waals surface area (Å²) in [5, 5.41) is 13.0. The molecule has 0 spiro atoms. The molecule has 0 heterocycles. The Morgan fingerprint density at radius 2 is 1.53 bits per heavy atom. The van der Waals surface area contributed by atoms with Gasteiger partial charge >= 0.3 is 0 Å². The fraction of sp³-hybridized carbons (Fsp3) is 0.300. The van der Waals surface area contributed by atoms with Crippen molar-refractivity contribution in [2.75, 3.05) is 5.32 Å². The second-order valence-corrected chi connectivity index (χ2v) is 3.79. The maximum Gasteiger partial charge on any atom is 0.200 e. The molecule has 0 aliphatic heterocycles. The molecule has 0 aliphatic carbocycles. The first-order chi connectivity index (χ1) is 8.79. The number of benzene rings is 1.